The summed E-state index contributed by atoms with van der Waals surface area (Å²) in [6.07, 6.45) is 3.51. The maximum absolute atomic E-state index is 14.8. The van der Waals surface area contributed by atoms with E-state index in [0.717, 1.165) is 36.0 Å². The molecule has 2 N–H and O–H groups in total. The summed E-state index contributed by atoms with van der Waals surface area (Å²) in [6, 6.07) is 22.1. The van der Waals surface area contributed by atoms with Gasteiger partial charge in [0.1, 0.15) is 11.2 Å². The molecule has 2 aliphatic rings. The highest BCUT2D eigenvalue weighted by atomic mass is 19.1. The summed E-state index contributed by atoms with van der Waals surface area (Å²) >= 11 is 0. The zero-order valence-corrected chi connectivity index (χ0v) is 22.6. The number of carboxylic acid groups (broad SMARTS) is 1. The molecule has 41 heavy (non-hydrogen) atoms. The highest BCUT2D eigenvalue weighted by Gasteiger charge is 2.48. The molecule has 6 rings (SSSR count). The molecule has 0 unspecified atom stereocenters. The molecule has 3 aromatic carbocycles. The molecule has 2 fully saturated rings. The minimum Gasteiger partial charge on any atom is -0.480 e. The second kappa shape index (κ2) is 11.2. The molecule has 0 spiro atoms. The van der Waals surface area contributed by atoms with E-state index < -0.39 is 11.4 Å². The van der Waals surface area contributed by atoms with Crippen LogP contribution in [0, 0.1) is 11.2 Å². The fourth-order valence-electron chi connectivity index (χ4n) is 5.48. The van der Waals surface area contributed by atoms with Crippen molar-refractivity contribution in [2.75, 3.05) is 13.1 Å². The molecule has 1 saturated heterocycles. The van der Waals surface area contributed by atoms with Gasteiger partial charge in [0, 0.05) is 42.4 Å². The molecule has 4 aromatic rings. The van der Waals surface area contributed by atoms with E-state index in [-0.39, 0.29) is 36.5 Å². The van der Waals surface area contributed by atoms with Gasteiger partial charge in [-0.2, -0.15) is 4.98 Å². The van der Waals surface area contributed by atoms with Gasteiger partial charge in [0.25, 0.3) is 5.89 Å². The third kappa shape index (κ3) is 5.50. The zero-order valence-electron chi connectivity index (χ0n) is 22.6. The van der Waals surface area contributed by atoms with Gasteiger partial charge < -0.3 is 14.9 Å². The second-order valence-corrected chi connectivity index (χ2v) is 10.9. The zero-order chi connectivity index (χ0) is 28.4. The number of aliphatic carboxylic acids is 1. The summed E-state index contributed by atoms with van der Waals surface area (Å²) in [7, 11) is 0. The van der Waals surface area contributed by atoms with Gasteiger partial charge in [0.15, 0.2) is 0 Å². The maximum atomic E-state index is 14.8. The van der Waals surface area contributed by atoms with E-state index in [1.54, 1.807) is 12.1 Å². The van der Waals surface area contributed by atoms with Crippen molar-refractivity contribution in [2.24, 2.45) is 5.41 Å². The number of carboxylic acids is 1. The molecular formula is C32H31FN4O4. The predicted octanol–water partition coefficient (Wildman–Crippen LogP) is 5.55. The van der Waals surface area contributed by atoms with Gasteiger partial charge in [-0.15, -0.1) is 0 Å². The Kier molecular flexibility index (Phi) is 7.36. The number of carbonyl (C=O) groups is 2. The first-order valence-electron chi connectivity index (χ1n) is 14.0. The summed E-state index contributed by atoms with van der Waals surface area (Å²) < 4.78 is 20.3. The van der Waals surface area contributed by atoms with Gasteiger partial charge in [-0.05, 0) is 55.4 Å². The Balaban J connectivity index is 1.08. The number of hydrogen-bond donors (Lipinski definition) is 2. The van der Waals surface area contributed by atoms with Crippen molar-refractivity contribution in [3.8, 4) is 34.0 Å². The Morgan fingerprint density at radius 3 is 2.32 bits per heavy atom. The van der Waals surface area contributed by atoms with Gasteiger partial charge in [0.05, 0.1) is 0 Å². The predicted molar refractivity (Wildman–Crippen MR) is 151 cm³/mol. The second-order valence-electron chi connectivity index (χ2n) is 10.9. The van der Waals surface area contributed by atoms with Gasteiger partial charge in [-0.1, -0.05) is 65.8 Å². The topological polar surface area (TPSA) is 109 Å². The number of nitrogens with one attached hydrogen (secondary N) is 1. The molecule has 0 radical (unpaired) electrons. The minimum atomic E-state index is -1.35. The van der Waals surface area contributed by atoms with Crippen LogP contribution in [0.3, 0.4) is 0 Å². The lowest BCUT2D eigenvalue weighted by Crippen LogP contribution is -2.55. The monoisotopic (exact) mass is 554 g/mol. The van der Waals surface area contributed by atoms with Crippen molar-refractivity contribution in [2.45, 2.75) is 44.7 Å². The van der Waals surface area contributed by atoms with Crippen LogP contribution in [0.25, 0.3) is 34.0 Å². The van der Waals surface area contributed by atoms with Gasteiger partial charge in [0.2, 0.25) is 11.7 Å². The smallest absolute Gasteiger partial charge is 0.319 e. The summed E-state index contributed by atoms with van der Waals surface area (Å²) in [4.78, 5) is 31.6. The number of amides is 1. The van der Waals surface area contributed by atoms with Crippen LogP contribution in [-0.4, -0.2) is 51.2 Å². The van der Waals surface area contributed by atoms with Crippen molar-refractivity contribution in [3.63, 3.8) is 0 Å². The lowest BCUT2D eigenvalue weighted by atomic mass is 9.76. The standard InChI is InChI=1S/C32H31FN4O4/c33-27-19-24(13-14-26(27)22-5-2-1-3-6-22)29-35-28(36-41-29)23-11-9-21(10-12-23)20-37-17-15-32(16-18-37,31(39)40)30(38)34-25-7-4-8-25/h1-3,5-6,9-14,19,25H,4,7-8,15-18,20H2,(H,34,38)(H,39,40). The Hall–Kier alpha value is -4.37. The van der Waals surface area contributed by atoms with Crippen LogP contribution in [0.15, 0.2) is 77.3 Å². The van der Waals surface area contributed by atoms with Crippen molar-refractivity contribution in [1.82, 2.24) is 20.4 Å². The SMILES string of the molecule is O=C(O)C1(C(=O)NC2CCC2)CCN(Cc2ccc(-c3noc(-c4ccc(-c5ccccc5)c(F)c4)n3)cc2)CC1. The lowest BCUT2D eigenvalue weighted by molar-refractivity contribution is -0.160. The maximum Gasteiger partial charge on any atom is 0.319 e. The van der Waals surface area contributed by atoms with Gasteiger partial charge >= 0.3 is 5.97 Å². The molecule has 1 aliphatic heterocycles. The van der Waals surface area contributed by atoms with Crippen molar-refractivity contribution in [3.05, 3.63) is 84.2 Å². The number of hydrogen-bond acceptors (Lipinski definition) is 6. The largest absolute Gasteiger partial charge is 0.480 e. The molecular weight excluding hydrogens is 523 g/mol. The van der Waals surface area contributed by atoms with Crippen LogP contribution in [0.4, 0.5) is 4.39 Å². The molecule has 0 bridgehead atoms. The summed E-state index contributed by atoms with van der Waals surface area (Å²) in [6.45, 7) is 1.70. The summed E-state index contributed by atoms with van der Waals surface area (Å²) in [5, 5.41) is 16.9. The van der Waals surface area contributed by atoms with E-state index in [2.05, 4.69) is 20.4 Å². The van der Waals surface area contributed by atoms with E-state index in [9.17, 15) is 19.1 Å². The van der Waals surface area contributed by atoms with Crippen LogP contribution in [0.2, 0.25) is 0 Å². The molecule has 9 heteroatoms. The highest BCUT2D eigenvalue weighted by Crippen LogP contribution is 2.34. The van der Waals surface area contributed by atoms with Crippen LogP contribution in [0.5, 0.6) is 0 Å². The number of aromatic nitrogens is 2. The van der Waals surface area contributed by atoms with E-state index in [0.29, 0.717) is 36.6 Å². The Bertz CT molecular complexity index is 1540. The van der Waals surface area contributed by atoms with Gasteiger partial charge in [-0.25, -0.2) is 4.39 Å². The van der Waals surface area contributed by atoms with E-state index in [1.165, 1.54) is 6.07 Å². The number of halogens is 1. The number of benzene rings is 3. The average molecular weight is 555 g/mol. The quantitative estimate of drug-likeness (QED) is 0.275. The van der Waals surface area contributed by atoms with Crippen LogP contribution in [0.1, 0.15) is 37.7 Å². The first-order valence-corrected chi connectivity index (χ1v) is 14.0. The summed E-state index contributed by atoms with van der Waals surface area (Å²) in [5.41, 5.74) is 2.27. The van der Waals surface area contributed by atoms with Crippen LogP contribution < -0.4 is 5.32 Å². The number of carbonyl (C=O) groups excluding carboxylic acids is 1. The fourth-order valence-corrected chi connectivity index (χ4v) is 5.48. The molecule has 8 nitrogen and oxygen atoms in total. The highest BCUT2D eigenvalue weighted by molar-refractivity contribution is 6.02. The Morgan fingerprint density at radius 1 is 0.976 bits per heavy atom. The normalized spacial score (nSPS) is 17.1. The van der Waals surface area contributed by atoms with Crippen LogP contribution >= 0.6 is 0 Å². The third-order valence-corrected chi connectivity index (χ3v) is 8.34. The molecule has 1 aliphatic carbocycles. The van der Waals surface area contributed by atoms with Crippen LogP contribution in [-0.2, 0) is 16.1 Å². The van der Waals surface area contributed by atoms with E-state index in [4.69, 9.17) is 4.52 Å². The molecule has 0 atom stereocenters. The molecule has 2 heterocycles. The Labute approximate surface area is 237 Å². The fraction of sp³-hybridized carbons (Fsp3) is 0.312. The Morgan fingerprint density at radius 2 is 1.68 bits per heavy atom. The van der Waals surface area contributed by atoms with E-state index in [1.807, 2.05) is 54.6 Å². The number of rotatable bonds is 8. The first kappa shape index (κ1) is 26.8. The lowest BCUT2D eigenvalue weighted by Gasteiger charge is -2.39. The number of piperidine rings is 1. The third-order valence-electron chi connectivity index (χ3n) is 8.34. The number of nitrogens with zero attached hydrogens (tertiary/aromatic N) is 3. The molecule has 1 saturated carbocycles. The first-order chi connectivity index (χ1) is 19.9. The summed E-state index contributed by atoms with van der Waals surface area (Å²) in [5.74, 6) is -1.10. The minimum absolute atomic E-state index is 0.118. The molecule has 1 amide bonds. The van der Waals surface area contributed by atoms with Crippen molar-refractivity contribution in [1.29, 1.82) is 0 Å². The van der Waals surface area contributed by atoms with Crippen molar-refractivity contribution < 1.29 is 23.6 Å². The van der Waals surface area contributed by atoms with Gasteiger partial charge in [-0.3, -0.25) is 14.5 Å². The molecule has 1 aromatic heterocycles. The number of likely N-dealkylation sites (tertiary alicyclic amines) is 1. The van der Waals surface area contributed by atoms with E-state index >= 15 is 0 Å². The average Bonchev–Trinajstić information content (AvgIpc) is 3.46. The molecule has 210 valence electrons. The van der Waals surface area contributed by atoms with Crippen molar-refractivity contribution >= 4 is 11.9 Å².